The molecule has 0 aliphatic heterocycles. The molecule has 0 spiro atoms. The molecule has 0 fully saturated rings. The van der Waals surface area contributed by atoms with Gasteiger partial charge in [0.25, 0.3) is 0 Å². The average Bonchev–Trinajstić information content (AvgIpc) is 2.44. The fraction of sp³-hybridized carbons (Fsp3) is 0.357. The van der Waals surface area contributed by atoms with Crippen LogP contribution in [0.5, 0.6) is 0 Å². The Bertz CT molecular complexity index is 525. The normalized spacial score (nSPS) is 11.7. The van der Waals surface area contributed by atoms with Gasteiger partial charge in [0, 0.05) is 22.9 Å². The Hall–Kier alpha value is -2.41. The summed E-state index contributed by atoms with van der Waals surface area (Å²) in [5.74, 6) is -1.69. The second-order valence-corrected chi connectivity index (χ2v) is 4.77. The second-order valence-electron chi connectivity index (χ2n) is 4.77. The van der Waals surface area contributed by atoms with Crippen LogP contribution < -0.4 is 22.1 Å². The SMILES string of the molecule is CCC(C)NCC(=O)Nc1cc(C(N)=O)cc(C(N)=O)c1. The van der Waals surface area contributed by atoms with Gasteiger partial charge in [-0.15, -0.1) is 0 Å². The predicted molar refractivity (Wildman–Crippen MR) is 79.9 cm³/mol. The van der Waals surface area contributed by atoms with Crippen molar-refractivity contribution in [1.29, 1.82) is 0 Å². The van der Waals surface area contributed by atoms with Crippen LogP contribution in [-0.4, -0.2) is 30.3 Å². The van der Waals surface area contributed by atoms with E-state index in [9.17, 15) is 14.4 Å². The minimum absolute atomic E-state index is 0.108. The Morgan fingerprint density at radius 1 is 1.10 bits per heavy atom. The number of rotatable bonds is 7. The highest BCUT2D eigenvalue weighted by Gasteiger charge is 2.11. The van der Waals surface area contributed by atoms with E-state index < -0.39 is 11.8 Å². The summed E-state index contributed by atoms with van der Waals surface area (Å²) in [5, 5.41) is 5.63. The number of amides is 3. The zero-order valence-electron chi connectivity index (χ0n) is 12.1. The molecule has 0 radical (unpaired) electrons. The van der Waals surface area contributed by atoms with Crippen molar-refractivity contribution in [2.45, 2.75) is 26.3 Å². The first-order valence-electron chi connectivity index (χ1n) is 6.61. The van der Waals surface area contributed by atoms with Crippen LogP contribution in [-0.2, 0) is 4.79 Å². The molecule has 0 heterocycles. The number of carbonyl (C=O) groups is 3. The molecule has 3 amide bonds. The third-order valence-electron chi connectivity index (χ3n) is 3.01. The van der Waals surface area contributed by atoms with Crippen LogP contribution in [0, 0.1) is 0 Å². The zero-order valence-corrected chi connectivity index (χ0v) is 12.1. The highest BCUT2D eigenvalue weighted by atomic mass is 16.2. The minimum Gasteiger partial charge on any atom is -0.366 e. The van der Waals surface area contributed by atoms with Gasteiger partial charge in [-0.3, -0.25) is 14.4 Å². The quantitative estimate of drug-likeness (QED) is 0.572. The lowest BCUT2D eigenvalue weighted by Gasteiger charge is -2.12. The lowest BCUT2D eigenvalue weighted by atomic mass is 10.1. The van der Waals surface area contributed by atoms with Crippen LogP contribution >= 0.6 is 0 Å². The summed E-state index contributed by atoms with van der Waals surface area (Å²) in [7, 11) is 0. The van der Waals surface area contributed by atoms with Crippen LogP contribution in [0.4, 0.5) is 5.69 Å². The van der Waals surface area contributed by atoms with Crippen molar-refractivity contribution >= 4 is 23.4 Å². The number of primary amides is 2. The van der Waals surface area contributed by atoms with E-state index in [1.54, 1.807) is 0 Å². The summed E-state index contributed by atoms with van der Waals surface area (Å²) in [6.45, 7) is 4.10. The van der Waals surface area contributed by atoms with Crippen molar-refractivity contribution in [3.05, 3.63) is 29.3 Å². The first kappa shape index (κ1) is 16.6. The Balaban J connectivity index is 2.84. The van der Waals surface area contributed by atoms with Crippen LogP contribution in [0.2, 0.25) is 0 Å². The molecule has 1 aromatic rings. The standard InChI is InChI=1S/C14H20N4O3/c1-3-8(2)17-7-12(19)18-11-5-9(13(15)20)4-10(6-11)14(16)21/h4-6,8,17H,3,7H2,1-2H3,(H2,15,20)(H2,16,21)(H,18,19). The molecule has 114 valence electrons. The summed E-state index contributed by atoms with van der Waals surface area (Å²) in [6, 6.07) is 4.30. The van der Waals surface area contributed by atoms with Crippen molar-refractivity contribution < 1.29 is 14.4 Å². The van der Waals surface area contributed by atoms with Crippen LogP contribution in [0.25, 0.3) is 0 Å². The number of hydrogen-bond donors (Lipinski definition) is 4. The largest absolute Gasteiger partial charge is 0.366 e. The van der Waals surface area contributed by atoms with Crippen LogP contribution in [0.15, 0.2) is 18.2 Å². The van der Waals surface area contributed by atoms with E-state index >= 15 is 0 Å². The van der Waals surface area contributed by atoms with Crippen molar-refractivity contribution in [2.24, 2.45) is 11.5 Å². The van der Waals surface area contributed by atoms with E-state index in [0.29, 0.717) is 5.69 Å². The van der Waals surface area contributed by atoms with Crippen molar-refractivity contribution in [1.82, 2.24) is 5.32 Å². The van der Waals surface area contributed by atoms with E-state index in [1.165, 1.54) is 18.2 Å². The van der Waals surface area contributed by atoms with Gasteiger partial charge in [0.1, 0.15) is 0 Å². The van der Waals surface area contributed by atoms with Gasteiger partial charge in [0.15, 0.2) is 0 Å². The molecule has 6 N–H and O–H groups in total. The molecule has 1 rings (SSSR count). The van der Waals surface area contributed by atoms with Gasteiger partial charge < -0.3 is 22.1 Å². The first-order chi connectivity index (χ1) is 9.83. The molecule has 0 saturated carbocycles. The minimum atomic E-state index is -0.702. The molecule has 7 heteroatoms. The number of nitrogens with one attached hydrogen (secondary N) is 2. The van der Waals surface area contributed by atoms with Gasteiger partial charge in [-0.25, -0.2) is 0 Å². The van der Waals surface area contributed by atoms with E-state index in [1.807, 2.05) is 13.8 Å². The lowest BCUT2D eigenvalue weighted by Crippen LogP contribution is -2.34. The molecular weight excluding hydrogens is 272 g/mol. The topological polar surface area (TPSA) is 127 Å². The highest BCUT2D eigenvalue weighted by molar-refractivity contribution is 6.01. The molecule has 21 heavy (non-hydrogen) atoms. The fourth-order valence-electron chi connectivity index (χ4n) is 1.60. The molecule has 1 aromatic carbocycles. The Morgan fingerprint density at radius 3 is 2.05 bits per heavy atom. The Morgan fingerprint density at radius 2 is 1.62 bits per heavy atom. The summed E-state index contributed by atoms with van der Waals surface area (Å²) >= 11 is 0. The van der Waals surface area contributed by atoms with Gasteiger partial charge >= 0.3 is 0 Å². The van der Waals surface area contributed by atoms with Gasteiger partial charge in [-0.05, 0) is 31.5 Å². The predicted octanol–water partition coefficient (Wildman–Crippen LogP) is 0.211. The monoisotopic (exact) mass is 292 g/mol. The summed E-state index contributed by atoms with van der Waals surface area (Å²) in [6.07, 6.45) is 0.899. The number of nitrogens with two attached hydrogens (primary N) is 2. The van der Waals surface area contributed by atoms with E-state index in [0.717, 1.165) is 6.42 Å². The zero-order chi connectivity index (χ0) is 16.0. The Labute approximate surface area is 123 Å². The smallest absolute Gasteiger partial charge is 0.248 e. The third-order valence-corrected chi connectivity index (χ3v) is 3.01. The number of anilines is 1. The molecule has 7 nitrogen and oxygen atoms in total. The van der Waals surface area contributed by atoms with Crippen LogP contribution in [0.1, 0.15) is 41.0 Å². The van der Waals surface area contributed by atoms with E-state index in [-0.39, 0.29) is 29.6 Å². The number of hydrogen-bond acceptors (Lipinski definition) is 4. The fourth-order valence-corrected chi connectivity index (χ4v) is 1.60. The molecule has 0 saturated heterocycles. The van der Waals surface area contributed by atoms with Gasteiger partial charge in [0.05, 0.1) is 6.54 Å². The maximum Gasteiger partial charge on any atom is 0.248 e. The number of carbonyl (C=O) groups excluding carboxylic acids is 3. The third kappa shape index (κ3) is 5.23. The molecule has 0 aromatic heterocycles. The van der Waals surface area contributed by atoms with E-state index in [2.05, 4.69) is 10.6 Å². The molecule has 0 aliphatic carbocycles. The highest BCUT2D eigenvalue weighted by Crippen LogP contribution is 2.14. The first-order valence-corrected chi connectivity index (χ1v) is 6.61. The van der Waals surface area contributed by atoms with E-state index in [4.69, 9.17) is 11.5 Å². The lowest BCUT2D eigenvalue weighted by molar-refractivity contribution is -0.115. The summed E-state index contributed by atoms with van der Waals surface area (Å²) in [5.41, 5.74) is 10.9. The number of benzene rings is 1. The molecular formula is C14H20N4O3. The van der Waals surface area contributed by atoms with Crippen molar-refractivity contribution in [3.63, 3.8) is 0 Å². The van der Waals surface area contributed by atoms with Gasteiger partial charge in [-0.2, -0.15) is 0 Å². The summed E-state index contributed by atoms with van der Waals surface area (Å²) in [4.78, 5) is 34.2. The second kappa shape index (κ2) is 7.39. The maximum atomic E-state index is 11.8. The molecule has 0 aliphatic rings. The average molecular weight is 292 g/mol. The summed E-state index contributed by atoms with van der Waals surface area (Å²) < 4.78 is 0. The maximum absolute atomic E-state index is 11.8. The van der Waals surface area contributed by atoms with Crippen LogP contribution in [0.3, 0.4) is 0 Å². The molecule has 1 unspecified atom stereocenters. The Kier molecular flexibility index (Phi) is 5.86. The molecule has 0 bridgehead atoms. The van der Waals surface area contributed by atoms with Gasteiger partial charge in [0.2, 0.25) is 17.7 Å². The molecule has 1 atom stereocenters. The van der Waals surface area contributed by atoms with Crippen molar-refractivity contribution in [3.8, 4) is 0 Å². The van der Waals surface area contributed by atoms with Gasteiger partial charge in [-0.1, -0.05) is 6.92 Å². The van der Waals surface area contributed by atoms with Crippen molar-refractivity contribution in [2.75, 3.05) is 11.9 Å².